The molecule has 0 saturated carbocycles. The van der Waals surface area contributed by atoms with Gasteiger partial charge in [-0.1, -0.05) is 29.8 Å². The minimum absolute atomic E-state index is 0.564. The fourth-order valence-corrected chi connectivity index (χ4v) is 2.84. The molecule has 1 aromatic carbocycles. The number of aliphatic imine (C=N–C) groups is 1. The Hall–Kier alpha value is -2.89. The number of hydrogen-bond acceptors (Lipinski definition) is 3. The number of aryl methyl sites for hydroxylation is 2. The van der Waals surface area contributed by atoms with Gasteiger partial charge >= 0.3 is 0 Å². The number of nitrogens with zero attached hydrogens (tertiary/aromatic N) is 4. The Bertz CT molecular complexity index is 881. The zero-order chi connectivity index (χ0) is 17.6. The molecule has 0 aliphatic heterocycles. The van der Waals surface area contributed by atoms with E-state index in [1.807, 2.05) is 28.8 Å². The zero-order valence-corrected chi connectivity index (χ0v) is 15.0. The third kappa shape index (κ3) is 4.15. The molecule has 3 rings (SSSR count). The first-order chi connectivity index (χ1) is 12.2. The van der Waals surface area contributed by atoms with E-state index in [0.29, 0.717) is 6.54 Å². The quantitative estimate of drug-likeness (QED) is 0.554. The van der Waals surface area contributed by atoms with Gasteiger partial charge < -0.3 is 10.6 Å². The van der Waals surface area contributed by atoms with Crippen LogP contribution < -0.4 is 10.6 Å². The van der Waals surface area contributed by atoms with Gasteiger partial charge in [0.25, 0.3) is 0 Å². The van der Waals surface area contributed by atoms with Gasteiger partial charge in [-0.05, 0) is 43.5 Å². The number of pyridine rings is 1. The molecule has 0 saturated heterocycles. The van der Waals surface area contributed by atoms with E-state index in [9.17, 15) is 0 Å². The highest BCUT2D eigenvalue weighted by Gasteiger charge is 2.06. The molecule has 0 aliphatic carbocycles. The molecule has 6 heteroatoms. The lowest BCUT2D eigenvalue weighted by Gasteiger charge is -2.12. The Morgan fingerprint density at radius 1 is 1.12 bits per heavy atom. The van der Waals surface area contributed by atoms with Crippen LogP contribution in [0.2, 0.25) is 0 Å². The molecule has 0 aliphatic rings. The highest BCUT2D eigenvalue weighted by atomic mass is 15.3. The Morgan fingerprint density at radius 3 is 2.80 bits per heavy atom. The minimum Gasteiger partial charge on any atom is -0.356 e. The standard InChI is InChI=1S/C19H24N6/c1-14-7-8-16(15(2)12-14)9-10-21-19(20-3)22-13-18-24-23-17-6-4-5-11-25(17)18/h4-8,11-12H,9-10,13H2,1-3H3,(H2,20,21,22). The largest absolute Gasteiger partial charge is 0.356 e. The molecular weight excluding hydrogens is 312 g/mol. The van der Waals surface area contributed by atoms with E-state index in [1.54, 1.807) is 7.05 Å². The molecule has 0 fully saturated rings. The third-order valence-electron chi connectivity index (χ3n) is 4.21. The molecule has 6 nitrogen and oxygen atoms in total. The van der Waals surface area contributed by atoms with Crippen molar-refractivity contribution in [3.05, 3.63) is 65.1 Å². The number of guanidine groups is 1. The highest BCUT2D eigenvalue weighted by molar-refractivity contribution is 5.79. The van der Waals surface area contributed by atoms with Crippen molar-refractivity contribution in [1.82, 2.24) is 25.2 Å². The monoisotopic (exact) mass is 336 g/mol. The van der Waals surface area contributed by atoms with Gasteiger partial charge in [0.05, 0.1) is 6.54 Å². The van der Waals surface area contributed by atoms with E-state index < -0.39 is 0 Å². The number of aromatic nitrogens is 3. The Balaban J connectivity index is 1.53. The van der Waals surface area contributed by atoms with Crippen LogP contribution in [0.4, 0.5) is 0 Å². The maximum Gasteiger partial charge on any atom is 0.191 e. The topological polar surface area (TPSA) is 66.6 Å². The van der Waals surface area contributed by atoms with Crippen LogP contribution in [0.25, 0.3) is 5.65 Å². The van der Waals surface area contributed by atoms with Crippen molar-refractivity contribution in [3.8, 4) is 0 Å². The Labute approximate surface area is 148 Å². The molecule has 0 amide bonds. The van der Waals surface area contributed by atoms with Crippen LogP contribution >= 0.6 is 0 Å². The van der Waals surface area contributed by atoms with Crippen molar-refractivity contribution in [3.63, 3.8) is 0 Å². The zero-order valence-electron chi connectivity index (χ0n) is 15.0. The van der Waals surface area contributed by atoms with Gasteiger partial charge in [-0.25, -0.2) is 0 Å². The predicted molar refractivity (Wildman–Crippen MR) is 101 cm³/mol. The van der Waals surface area contributed by atoms with Gasteiger partial charge in [-0.2, -0.15) is 0 Å². The molecule has 0 spiro atoms. The molecule has 0 unspecified atom stereocenters. The van der Waals surface area contributed by atoms with Crippen molar-refractivity contribution in [2.75, 3.05) is 13.6 Å². The fourth-order valence-electron chi connectivity index (χ4n) is 2.84. The predicted octanol–water partition coefficient (Wildman–Crippen LogP) is 2.25. The lowest BCUT2D eigenvalue weighted by molar-refractivity contribution is 0.756. The van der Waals surface area contributed by atoms with E-state index in [-0.39, 0.29) is 0 Å². The fraction of sp³-hybridized carbons (Fsp3) is 0.316. The minimum atomic E-state index is 0.564. The molecule has 2 aromatic heterocycles. The summed E-state index contributed by atoms with van der Waals surface area (Å²) in [7, 11) is 1.77. The van der Waals surface area contributed by atoms with E-state index >= 15 is 0 Å². The molecule has 0 atom stereocenters. The van der Waals surface area contributed by atoms with Crippen LogP contribution in [0.1, 0.15) is 22.5 Å². The number of fused-ring (bicyclic) bond motifs is 1. The smallest absolute Gasteiger partial charge is 0.191 e. The summed E-state index contributed by atoms with van der Waals surface area (Å²) in [6.07, 6.45) is 2.92. The summed E-state index contributed by atoms with van der Waals surface area (Å²) in [6.45, 7) is 5.67. The van der Waals surface area contributed by atoms with Crippen molar-refractivity contribution in [2.45, 2.75) is 26.8 Å². The number of rotatable bonds is 5. The summed E-state index contributed by atoms with van der Waals surface area (Å²) in [6, 6.07) is 12.4. The van der Waals surface area contributed by atoms with Crippen molar-refractivity contribution < 1.29 is 0 Å². The second-order valence-electron chi connectivity index (χ2n) is 6.08. The molecule has 25 heavy (non-hydrogen) atoms. The van der Waals surface area contributed by atoms with Gasteiger partial charge in [0.1, 0.15) is 0 Å². The summed E-state index contributed by atoms with van der Waals surface area (Å²) in [5.41, 5.74) is 4.83. The van der Waals surface area contributed by atoms with E-state index in [4.69, 9.17) is 0 Å². The average Bonchev–Trinajstić information content (AvgIpc) is 3.03. The molecule has 0 bridgehead atoms. The first-order valence-electron chi connectivity index (χ1n) is 8.46. The number of benzene rings is 1. The summed E-state index contributed by atoms with van der Waals surface area (Å²) >= 11 is 0. The van der Waals surface area contributed by atoms with E-state index in [1.165, 1.54) is 16.7 Å². The van der Waals surface area contributed by atoms with Crippen molar-refractivity contribution in [2.24, 2.45) is 4.99 Å². The van der Waals surface area contributed by atoms with Gasteiger partial charge in [-0.3, -0.25) is 9.39 Å². The maximum absolute atomic E-state index is 4.27. The molecule has 0 radical (unpaired) electrons. The highest BCUT2D eigenvalue weighted by Crippen LogP contribution is 2.10. The molecule has 2 heterocycles. The van der Waals surface area contributed by atoms with Gasteiger partial charge in [0.2, 0.25) is 0 Å². The maximum atomic E-state index is 4.27. The average molecular weight is 336 g/mol. The molecule has 2 N–H and O–H groups in total. The summed E-state index contributed by atoms with van der Waals surface area (Å²) in [5, 5.41) is 15.0. The normalized spacial score (nSPS) is 11.7. The Morgan fingerprint density at radius 2 is 2.00 bits per heavy atom. The number of nitrogens with one attached hydrogen (secondary N) is 2. The summed E-state index contributed by atoms with van der Waals surface area (Å²) in [4.78, 5) is 4.27. The Kier molecular flexibility index (Phi) is 5.28. The summed E-state index contributed by atoms with van der Waals surface area (Å²) in [5.74, 6) is 1.62. The van der Waals surface area contributed by atoms with Crippen LogP contribution in [0.15, 0.2) is 47.6 Å². The van der Waals surface area contributed by atoms with Crippen LogP contribution in [-0.4, -0.2) is 34.2 Å². The lowest BCUT2D eigenvalue weighted by atomic mass is 10.0. The van der Waals surface area contributed by atoms with Gasteiger partial charge in [0, 0.05) is 19.8 Å². The lowest BCUT2D eigenvalue weighted by Crippen LogP contribution is -2.38. The second kappa shape index (κ2) is 7.79. The molecule has 3 aromatic rings. The van der Waals surface area contributed by atoms with Gasteiger partial charge in [-0.15, -0.1) is 10.2 Å². The molecular formula is C19H24N6. The summed E-state index contributed by atoms with van der Waals surface area (Å²) < 4.78 is 1.97. The van der Waals surface area contributed by atoms with Crippen LogP contribution in [-0.2, 0) is 13.0 Å². The third-order valence-corrected chi connectivity index (χ3v) is 4.21. The van der Waals surface area contributed by atoms with E-state index in [2.05, 4.69) is 57.9 Å². The first kappa shape index (κ1) is 17.0. The van der Waals surface area contributed by atoms with Crippen molar-refractivity contribution in [1.29, 1.82) is 0 Å². The van der Waals surface area contributed by atoms with Crippen LogP contribution in [0, 0.1) is 13.8 Å². The SMILES string of the molecule is CN=C(NCCc1ccc(C)cc1C)NCc1nnc2ccccn12. The van der Waals surface area contributed by atoms with E-state index in [0.717, 1.165) is 30.4 Å². The second-order valence-corrected chi connectivity index (χ2v) is 6.08. The number of hydrogen-bond donors (Lipinski definition) is 2. The molecule has 130 valence electrons. The van der Waals surface area contributed by atoms with Crippen LogP contribution in [0.5, 0.6) is 0 Å². The first-order valence-corrected chi connectivity index (χ1v) is 8.46. The van der Waals surface area contributed by atoms with Gasteiger partial charge in [0.15, 0.2) is 17.4 Å². The van der Waals surface area contributed by atoms with Crippen LogP contribution in [0.3, 0.4) is 0 Å². The van der Waals surface area contributed by atoms with Crippen molar-refractivity contribution >= 4 is 11.6 Å².